The van der Waals surface area contributed by atoms with Crippen LogP contribution in [0.1, 0.15) is 68.9 Å². The molecule has 0 bridgehead atoms. The number of hydrogen-bond acceptors (Lipinski definition) is 0. The molecule has 1 fully saturated rings. The minimum absolute atomic E-state index is 0.877. The highest BCUT2D eigenvalue weighted by Crippen LogP contribution is 2.31. The molecule has 0 spiro atoms. The predicted octanol–water partition coefficient (Wildman–Crippen LogP) is 7.23. The first-order valence-corrected chi connectivity index (χ1v) is 10.5. The molecule has 0 N–H and O–H groups in total. The molecule has 0 unspecified atom stereocenters. The van der Waals surface area contributed by atoms with Gasteiger partial charge in [0, 0.05) is 0 Å². The van der Waals surface area contributed by atoms with Gasteiger partial charge in [-0.25, -0.2) is 0 Å². The van der Waals surface area contributed by atoms with Gasteiger partial charge in [0.1, 0.15) is 0 Å². The van der Waals surface area contributed by atoms with Crippen LogP contribution in [0.2, 0.25) is 0 Å². The SMILES string of the molecule is c1ccc(CCC(CCCC2CCCC2)CCc2ccccc2)cc1. The van der Waals surface area contributed by atoms with Gasteiger partial charge in [-0.3, -0.25) is 0 Å². The fourth-order valence-electron chi connectivity index (χ4n) is 4.46. The molecule has 2 aromatic carbocycles. The van der Waals surface area contributed by atoms with Crippen LogP contribution in [-0.2, 0) is 12.8 Å². The normalized spacial score (nSPS) is 15.1. The second-order valence-corrected chi connectivity index (χ2v) is 8.00. The van der Waals surface area contributed by atoms with Crippen LogP contribution < -0.4 is 0 Å². The van der Waals surface area contributed by atoms with Gasteiger partial charge in [-0.1, -0.05) is 106 Å². The molecule has 25 heavy (non-hydrogen) atoms. The summed E-state index contributed by atoms with van der Waals surface area (Å²) in [7, 11) is 0. The minimum atomic E-state index is 0.877. The molecule has 0 saturated heterocycles. The second-order valence-electron chi connectivity index (χ2n) is 8.00. The topological polar surface area (TPSA) is 0 Å². The van der Waals surface area contributed by atoms with Crippen molar-refractivity contribution in [1.29, 1.82) is 0 Å². The van der Waals surface area contributed by atoms with Crippen LogP contribution in [0, 0.1) is 11.8 Å². The highest BCUT2D eigenvalue weighted by molar-refractivity contribution is 5.16. The van der Waals surface area contributed by atoms with Crippen LogP contribution in [-0.4, -0.2) is 0 Å². The molecule has 0 amide bonds. The summed E-state index contributed by atoms with van der Waals surface area (Å²) in [5, 5.41) is 0. The van der Waals surface area contributed by atoms with E-state index in [0.717, 1.165) is 11.8 Å². The first-order chi connectivity index (χ1) is 12.4. The third-order valence-corrected chi connectivity index (χ3v) is 6.07. The van der Waals surface area contributed by atoms with Crippen molar-refractivity contribution in [2.45, 2.75) is 70.6 Å². The molecule has 0 nitrogen and oxygen atoms in total. The summed E-state index contributed by atoms with van der Waals surface area (Å²) in [6.07, 6.45) is 15.5. The third-order valence-electron chi connectivity index (χ3n) is 6.07. The largest absolute Gasteiger partial charge is 0.0622 e. The Morgan fingerprint density at radius 2 is 1.20 bits per heavy atom. The highest BCUT2D eigenvalue weighted by atomic mass is 14.2. The van der Waals surface area contributed by atoms with Crippen molar-refractivity contribution in [3.63, 3.8) is 0 Å². The minimum Gasteiger partial charge on any atom is -0.0622 e. The third kappa shape index (κ3) is 6.69. The summed E-state index contributed by atoms with van der Waals surface area (Å²) in [6, 6.07) is 22.1. The molecule has 0 heterocycles. The van der Waals surface area contributed by atoms with Crippen LogP contribution in [0.3, 0.4) is 0 Å². The van der Waals surface area contributed by atoms with Crippen LogP contribution in [0.4, 0.5) is 0 Å². The Morgan fingerprint density at radius 1 is 0.680 bits per heavy atom. The van der Waals surface area contributed by atoms with E-state index in [9.17, 15) is 0 Å². The first kappa shape index (κ1) is 18.2. The summed E-state index contributed by atoms with van der Waals surface area (Å²) < 4.78 is 0. The molecule has 3 rings (SSSR count). The van der Waals surface area contributed by atoms with E-state index in [2.05, 4.69) is 60.7 Å². The fourth-order valence-corrected chi connectivity index (χ4v) is 4.46. The van der Waals surface area contributed by atoms with Gasteiger partial charge in [0.25, 0.3) is 0 Å². The van der Waals surface area contributed by atoms with Crippen molar-refractivity contribution < 1.29 is 0 Å². The molecule has 0 aliphatic heterocycles. The smallest absolute Gasteiger partial charge is 0.0276 e. The Hall–Kier alpha value is -1.56. The number of benzene rings is 2. The lowest BCUT2D eigenvalue weighted by molar-refractivity contribution is 0.375. The lowest BCUT2D eigenvalue weighted by Crippen LogP contribution is -2.06. The van der Waals surface area contributed by atoms with Crippen molar-refractivity contribution >= 4 is 0 Å². The summed E-state index contributed by atoms with van der Waals surface area (Å²) in [5.41, 5.74) is 3.01. The van der Waals surface area contributed by atoms with Gasteiger partial charge in [0.15, 0.2) is 0 Å². The van der Waals surface area contributed by atoms with E-state index >= 15 is 0 Å². The molecule has 2 aromatic rings. The maximum atomic E-state index is 2.28. The molecule has 1 saturated carbocycles. The quantitative estimate of drug-likeness (QED) is 0.430. The fraction of sp³-hybridized carbons (Fsp3) is 0.520. The van der Waals surface area contributed by atoms with Crippen LogP contribution in [0.25, 0.3) is 0 Å². The van der Waals surface area contributed by atoms with Gasteiger partial charge in [0.2, 0.25) is 0 Å². The molecule has 134 valence electrons. The average molecular weight is 335 g/mol. The zero-order valence-corrected chi connectivity index (χ0v) is 15.7. The summed E-state index contributed by atoms with van der Waals surface area (Å²) in [6.45, 7) is 0. The monoisotopic (exact) mass is 334 g/mol. The number of hydrogen-bond donors (Lipinski definition) is 0. The van der Waals surface area contributed by atoms with E-state index < -0.39 is 0 Å². The Morgan fingerprint density at radius 3 is 1.72 bits per heavy atom. The molecule has 0 radical (unpaired) electrons. The van der Waals surface area contributed by atoms with Gasteiger partial charge >= 0.3 is 0 Å². The summed E-state index contributed by atoms with van der Waals surface area (Å²) >= 11 is 0. The Labute approximate surface area is 154 Å². The molecular weight excluding hydrogens is 300 g/mol. The van der Waals surface area contributed by atoms with Gasteiger partial charge in [-0.05, 0) is 48.6 Å². The Bertz CT molecular complexity index is 522. The summed E-state index contributed by atoms with van der Waals surface area (Å²) in [5.74, 6) is 1.92. The zero-order chi connectivity index (χ0) is 17.2. The summed E-state index contributed by atoms with van der Waals surface area (Å²) in [4.78, 5) is 0. The van der Waals surface area contributed by atoms with E-state index in [1.165, 1.54) is 81.8 Å². The number of rotatable bonds is 10. The second kappa shape index (κ2) is 10.4. The zero-order valence-electron chi connectivity index (χ0n) is 15.7. The Balaban J connectivity index is 1.47. The first-order valence-electron chi connectivity index (χ1n) is 10.5. The standard InChI is InChI=1S/C25H34/c1-3-10-23(11-4-1)18-20-25(17-9-16-22-14-7-8-15-22)21-19-24-12-5-2-6-13-24/h1-6,10-13,22,25H,7-9,14-21H2. The molecule has 0 aromatic heterocycles. The van der Waals surface area contributed by atoms with Crippen molar-refractivity contribution in [2.75, 3.05) is 0 Å². The van der Waals surface area contributed by atoms with E-state index in [1.54, 1.807) is 0 Å². The van der Waals surface area contributed by atoms with Gasteiger partial charge < -0.3 is 0 Å². The Kier molecular flexibility index (Phi) is 7.61. The molecule has 1 aliphatic carbocycles. The van der Waals surface area contributed by atoms with Crippen LogP contribution in [0.15, 0.2) is 60.7 Å². The van der Waals surface area contributed by atoms with E-state index in [0.29, 0.717) is 0 Å². The number of aryl methyl sites for hydroxylation is 2. The molecule has 0 atom stereocenters. The van der Waals surface area contributed by atoms with Crippen LogP contribution >= 0.6 is 0 Å². The van der Waals surface area contributed by atoms with Crippen molar-refractivity contribution in [3.8, 4) is 0 Å². The van der Waals surface area contributed by atoms with Crippen molar-refractivity contribution in [2.24, 2.45) is 11.8 Å². The van der Waals surface area contributed by atoms with Gasteiger partial charge in [-0.15, -0.1) is 0 Å². The lowest BCUT2D eigenvalue weighted by atomic mass is 9.87. The average Bonchev–Trinajstić information content (AvgIpc) is 3.19. The molecular formula is C25H34. The van der Waals surface area contributed by atoms with E-state index in [1.807, 2.05) is 0 Å². The maximum absolute atomic E-state index is 2.28. The van der Waals surface area contributed by atoms with E-state index in [4.69, 9.17) is 0 Å². The predicted molar refractivity (Wildman–Crippen MR) is 109 cm³/mol. The van der Waals surface area contributed by atoms with Gasteiger partial charge in [-0.2, -0.15) is 0 Å². The lowest BCUT2D eigenvalue weighted by Gasteiger charge is -2.18. The molecule has 0 heteroatoms. The molecule has 1 aliphatic rings. The van der Waals surface area contributed by atoms with E-state index in [-0.39, 0.29) is 0 Å². The van der Waals surface area contributed by atoms with Crippen molar-refractivity contribution in [3.05, 3.63) is 71.8 Å². The van der Waals surface area contributed by atoms with Gasteiger partial charge in [0.05, 0.1) is 0 Å². The van der Waals surface area contributed by atoms with Crippen LogP contribution in [0.5, 0.6) is 0 Å². The maximum Gasteiger partial charge on any atom is -0.0276 e. The van der Waals surface area contributed by atoms with Crippen molar-refractivity contribution in [1.82, 2.24) is 0 Å². The highest BCUT2D eigenvalue weighted by Gasteiger charge is 2.16.